The average Bonchev–Trinajstić information content (AvgIpc) is 3.28. The Morgan fingerprint density at radius 1 is 1.21 bits per heavy atom. The van der Waals surface area contributed by atoms with Gasteiger partial charge in [-0.2, -0.15) is 4.98 Å². The molecule has 0 amide bonds. The predicted octanol–water partition coefficient (Wildman–Crippen LogP) is 3.95. The maximum Gasteiger partial charge on any atom is 0.229 e. The summed E-state index contributed by atoms with van der Waals surface area (Å²) in [5.74, 6) is 4.09. The van der Waals surface area contributed by atoms with E-state index in [0.717, 1.165) is 68.2 Å². The fourth-order valence-corrected chi connectivity index (χ4v) is 8.09. The summed E-state index contributed by atoms with van der Waals surface area (Å²) in [6.07, 6.45) is 13.9. The number of hydrogen-bond donors (Lipinski definition) is 2. The van der Waals surface area contributed by atoms with Gasteiger partial charge in [0.05, 0.1) is 23.4 Å². The van der Waals surface area contributed by atoms with Gasteiger partial charge in [0.2, 0.25) is 5.95 Å². The third-order valence-corrected chi connectivity index (χ3v) is 9.09. The molecule has 1 aromatic rings. The van der Waals surface area contributed by atoms with Gasteiger partial charge in [0, 0.05) is 25.3 Å². The minimum atomic E-state index is -0.533. The molecule has 0 spiro atoms. The lowest BCUT2D eigenvalue weighted by Crippen LogP contribution is -2.65. The van der Waals surface area contributed by atoms with Crippen LogP contribution in [-0.4, -0.2) is 46.0 Å². The number of aromatic nitrogens is 2. The highest BCUT2D eigenvalue weighted by Gasteiger charge is 2.61. The van der Waals surface area contributed by atoms with Gasteiger partial charge >= 0.3 is 0 Å². The van der Waals surface area contributed by atoms with Gasteiger partial charge in [0.15, 0.2) is 5.82 Å². The number of anilines is 3. The third kappa shape index (κ3) is 2.88. The summed E-state index contributed by atoms with van der Waals surface area (Å²) < 4.78 is 5.83. The lowest BCUT2D eigenvalue weighted by molar-refractivity contribution is -0.133. The van der Waals surface area contributed by atoms with E-state index in [-0.39, 0.29) is 11.6 Å². The zero-order chi connectivity index (χ0) is 22.5. The Kier molecular flexibility index (Phi) is 4.01. The molecule has 8 rings (SSSR count). The normalized spacial score (nSPS) is 40.6. The van der Waals surface area contributed by atoms with E-state index in [1.807, 2.05) is 13.2 Å². The molecule has 174 valence electrons. The Morgan fingerprint density at radius 3 is 2.76 bits per heavy atom. The van der Waals surface area contributed by atoms with E-state index in [2.05, 4.69) is 45.8 Å². The van der Waals surface area contributed by atoms with Gasteiger partial charge in [-0.05, 0) is 69.3 Å². The van der Waals surface area contributed by atoms with E-state index in [1.54, 1.807) is 0 Å². The molecule has 4 saturated carbocycles. The molecule has 3 heterocycles. The summed E-state index contributed by atoms with van der Waals surface area (Å²) in [5, 5.41) is 14.9. The van der Waals surface area contributed by atoms with Crippen molar-refractivity contribution in [3.05, 3.63) is 42.0 Å². The first-order chi connectivity index (χ1) is 15.8. The number of hydrogen-bond acceptors (Lipinski definition) is 7. The summed E-state index contributed by atoms with van der Waals surface area (Å²) in [4.78, 5) is 14.2. The SMILES string of the molecule is C=C1N(C)c2cnc(NC3=CC4CCOC4C=C3C)nc2N1C12CC3CC(CC(O)(C3)C1)C2. The number of aliphatic hydroxyl groups is 1. The highest BCUT2D eigenvalue weighted by molar-refractivity contribution is 5.80. The van der Waals surface area contributed by atoms with Crippen molar-refractivity contribution in [1.29, 1.82) is 0 Å². The van der Waals surface area contributed by atoms with Crippen LogP contribution in [0.1, 0.15) is 51.9 Å². The van der Waals surface area contributed by atoms with E-state index < -0.39 is 5.60 Å². The van der Waals surface area contributed by atoms with Crippen LogP contribution in [0.5, 0.6) is 0 Å². The molecular weight excluding hydrogens is 414 g/mol. The summed E-state index contributed by atoms with van der Waals surface area (Å²) in [6.45, 7) is 7.38. The number of nitrogens with zero attached hydrogens (tertiary/aromatic N) is 4. The largest absolute Gasteiger partial charge is 0.390 e. The Balaban J connectivity index is 1.24. The number of rotatable bonds is 3. The Morgan fingerprint density at radius 2 is 2.00 bits per heavy atom. The van der Waals surface area contributed by atoms with Gasteiger partial charge < -0.3 is 25.0 Å². The predicted molar refractivity (Wildman–Crippen MR) is 128 cm³/mol. The molecule has 0 aromatic carbocycles. The standard InChI is InChI=1S/C26H33N5O2/c1-15-6-22-19(4-5-33-22)8-20(15)28-24-27-13-21-23(29-24)31(16(2)30(21)3)25-9-17-7-18(10-25)12-26(32,11-17)14-25/h6,8,13,17-19,22,32H,2,4-5,7,9-12,14H2,1,3H3,(H,27,28,29). The fraction of sp³-hybridized carbons (Fsp3) is 0.615. The molecule has 1 aromatic heterocycles. The monoisotopic (exact) mass is 447 g/mol. The van der Waals surface area contributed by atoms with Crippen molar-refractivity contribution < 1.29 is 9.84 Å². The van der Waals surface area contributed by atoms with E-state index in [0.29, 0.717) is 23.7 Å². The number of nitrogens with one attached hydrogen (secondary N) is 1. The Hall–Kier alpha value is -2.38. The maximum atomic E-state index is 11.4. The zero-order valence-electron chi connectivity index (χ0n) is 19.5. The van der Waals surface area contributed by atoms with E-state index in [4.69, 9.17) is 9.72 Å². The molecule has 5 aliphatic carbocycles. The molecule has 2 aliphatic heterocycles. The van der Waals surface area contributed by atoms with Crippen molar-refractivity contribution in [1.82, 2.24) is 9.97 Å². The lowest BCUT2D eigenvalue weighted by Gasteiger charge is -2.62. The molecule has 7 nitrogen and oxygen atoms in total. The van der Waals surface area contributed by atoms with Crippen molar-refractivity contribution >= 4 is 17.5 Å². The van der Waals surface area contributed by atoms with Crippen LogP contribution < -0.4 is 15.1 Å². The van der Waals surface area contributed by atoms with E-state index in [1.165, 1.54) is 12.0 Å². The van der Waals surface area contributed by atoms with Crippen molar-refractivity contribution in [3.8, 4) is 0 Å². The first kappa shape index (κ1) is 20.0. The first-order valence-electron chi connectivity index (χ1n) is 12.4. The molecule has 0 radical (unpaired) electrons. The molecule has 1 saturated heterocycles. The van der Waals surface area contributed by atoms with Gasteiger partial charge in [-0.3, -0.25) is 0 Å². The number of fused-ring (bicyclic) bond motifs is 2. The summed E-state index contributed by atoms with van der Waals surface area (Å²) in [6, 6.07) is 0. The van der Waals surface area contributed by atoms with Gasteiger partial charge in [0.25, 0.3) is 0 Å². The molecule has 4 unspecified atom stereocenters. The second-order valence-electron chi connectivity index (χ2n) is 11.5. The topological polar surface area (TPSA) is 73.8 Å². The molecule has 7 heteroatoms. The molecule has 2 N–H and O–H groups in total. The van der Waals surface area contributed by atoms with Gasteiger partial charge in [-0.1, -0.05) is 18.7 Å². The van der Waals surface area contributed by atoms with Gasteiger partial charge in [-0.25, -0.2) is 4.98 Å². The van der Waals surface area contributed by atoms with Gasteiger partial charge in [-0.15, -0.1) is 0 Å². The van der Waals surface area contributed by atoms with Crippen molar-refractivity contribution in [2.24, 2.45) is 17.8 Å². The molecule has 7 aliphatic rings. The number of ether oxygens (including phenoxy) is 1. The van der Waals surface area contributed by atoms with E-state index >= 15 is 0 Å². The van der Waals surface area contributed by atoms with Crippen LogP contribution in [0.3, 0.4) is 0 Å². The Labute approximate surface area is 195 Å². The zero-order valence-corrected chi connectivity index (χ0v) is 19.5. The van der Waals surface area contributed by atoms with Crippen LogP contribution in [0.25, 0.3) is 0 Å². The van der Waals surface area contributed by atoms with Crippen LogP contribution >= 0.6 is 0 Å². The molecular formula is C26H33N5O2. The van der Waals surface area contributed by atoms with Crippen LogP contribution in [0.4, 0.5) is 17.5 Å². The molecule has 5 fully saturated rings. The minimum absolute atomic E-state index is 0.102. The first-order valence-corrected chi connectivity index (χ1v) is 12.4. The molecule has 33 heavy (non-hydrogen) atoms. The summed E-state index contributed by atoms with van der Waals surface area (Å²) in [7, 11) is 2.05. The van der Waals surface area contributed by atoms with Crippen molar-refractivity contribution in [2.75, 3.05) is 28.8 Å². The summed E-state index contributed by atoms with van der Waals surface area (Å²) in [5.41, 5.74) is 2.60. The smallest absolute Gasteiger partial charge is 0.229 e. The number of allylic oxidation sites excluding steroid dienone is 1. The van der Waals surface area contributed by atoms with E-state index in [9.17, 15) is 5.11 Å². The van der Waals surface area contributed by atoms with Crippen molar-refractivity contribution in [2.45, 2.75) is 69.1 Å². The highest BCUT2D eigenvalue weighted by Crippen LogP contribution is 2.62. The molecule has 4 atom stereocenters. The van der Waals surface area contributed by atoms with Crippen LogP contribution in [-0.2, 0) is 4.74 Å². The van der Waals surface area contributed by atoms with Crippen LogP contribution in [0, 0.1) is 17.8 Å². The highest BCUT2D eigenvalue weighted by atomic mass is 16.5. The lowest BCUT2D eigenvalue weighted by atomic mass is 9.50. The van der Waals surface area contributed by atoms with Crippen LogP contribution in [0.15, 0.2) is 42.0 Å². The average molecular weight is 448 g/mol. The Bertz CT molecular complexity index is 1100. The van der Waals surface area contributed by atoms with Crippen molar-refractivity contribution in [3.63, 3.8) is 0 Å². The maximum absolute atomic E-state index is 11.4. The van der Waals surface area contributed by atoms with Gasteiger partial charge in [0.1, 0.15) is 11.5 Å². The minimum Gasteiger partial charge on any atom is -0.390 e. The second-order valence-corrected chi connectivity index (χ2v) is 11.5. The fourth-order valence-electron chi connectivity index (χ4n) is 8.09. The quantitative estimate of drug-likeness (QED) is 0.727. The second kappa shape index (κ2) is 6.60. The molecule has 4 bridgehead atoms. The third-order valence-electron chi connectivity index (χ3n) is 9.09. The summed E-state index contributed by atoms with van der Waals surface area (Å²) >= 11 is 0. The van der Waals surface area contributed by atoms with Crippen LogP contribution in [0.2, 0.25) is 0 Å².